The van der Waals surface area contributed by atoms with Crippen molar-refractivity contribution in [2.45, 2.75) is 62.0 Å². The largest absolute Gasteiger partial charge is 0.508 e. The second kappa shape index (κ2) is 10.2. The van der Waals surface area contributed by atoms with E-state index in [9.17, 15) is 18.6 Å². The van der Waals surface area contributed by atoms with Gasteiger partial charge in [0.2, 0.25) is 10.0 Å². The molecule has 0 amide bonds. The number of rotatable bonds is 7. The summed E-state index contributed by atoms with van der Waals surface area (Å²) in [6.45, 7) is 0. The number of fused-ring (bicyclic) bond motifs is 2. The molecule has 0 aromatic heterocycles. The molecule has 2 N–H and O–H groups in total. The van der Waals surface area contributed by atoms with Gasteiger partial charge in [0.1, 0.15) is 28.6 Å². The van der Waals surface area contributed by atoms with E-state index >= 15 is 0 Å². The maximum absolute atomic E-state index is 14.6. The third-order valence-corrected chi connectivity index (χ3v) is 10.5. The van der Waals surface area contributed by atoms with E-state index < -0.39 is 27.5 Å². The van der Waals surface area contributed by atoms with Gasteiger partial charge in [-0.05, 0) is 90.1 Å². The lowest BCUT2D eigenvalue weighted by atomic mass is 9.83. The summed E-state index contributed by atoms with van der Waals surface area (Å²) in [6, 6.07) is 20.9. The van der Waals surface area contributed by atoms with Gasteiger partial charge in [-0.25, -0.2) is 8.42 Å². The van der Waals surface area contributed by atoms with Crippen LogP contribution in [0.3, 0.4) is 0 Å². The van der Waals surface area contributed by atoms with Crippen LogP contribution in [0.4, 0.5) is 5.69 Å². The van der Waals surface area contributed by atoms with Gasteiger partial charge in [0.15, 0.2) is 0 Å². The molecule has 0 spiro atoms. The zero-order chi connectivity index (χ0) is 27.1. The quantitative estimate of drug-likeness (QED) is 0.393. The predicted molar refractivity (Wildman–Crippen MR) is 151 cm³/mol. The van der Waals surface area contributed by atoms with Gasteiger partial charge in [0.25, 0.3) is 0 Å². The number of methoxy groups -OCH3 is 1. The minimum absolute atomic E-state index is 0.103. The third kappa shape index (κ3) is 4.66. The van der Waals surface area contributed by atoms with E-state index in [0.717, 1.165) is 54.4 Å². The first-order chi connectivity index (χ1) is 18.9. The number of benzene rings is 3. The topological polar surface area (TPSA) is 96.3 Å². The van der Waals surface area contributed by atoms with Crippen molar-refractivity contribution in [1.29, 1.82) is 0 Å². The fraction of sp³-hybridized carbons (Fsp3) is 0.355. The van der Waals surface area contributed by atoms with E-state index in [1.165, 1.54) is 0 Å². The van der Waals surface area contributed by atoms with Crippen LogP contribution in [0.5, 0.6) is 17.2 Å². The lowest BCUT2D eigenvalue weighted by Gasteiger charge is -2.38. The van der Waals surface area contributed by atoms with Gasteiger partial charge < -0.3 is 19.7 Å². The summed E-state index contributed by atoms with van der Waals surface area (Å²) in [5.41, 5.74) is 4.12. The molecular weight excluding hydrogens is 514 g/mol. The van der Waals surface area contributed by atoms with Crippen molar-refractivity contribution in [3.63, 3.8) is 0 Å². The fourth-order valence-electron chi connectivity index (χ4n) is 6.40. The maximum atomic E-state index is 14.6. The molecule has 204 valence electrons. The molecule has 8 heteroatoms. The minimum Gasteiger partial charge on any atom is -0.508 e. The molecule has 39 heavy (non-hydrogen) atoms. The highest BCUT2D eigenvalue weighted by molar-refractivity contribution is 7.93. The number of aromatic hydroxyl groups is 2. The first kappa shape index (κ1) is 25.8. The van der Waals surface area contributed by atoms with Crippen LogP contribution < -0.4 is 9.04 Å². The number of phenols is 2. The molecule has 3 aliphatic rings. The number of hydrogen-bond donors (Lipinski definition) is 2. The normalized spacial score (nSPS) is 23.3. The smallest absolute Gasteiger partial charge is 0.241 e. The van der Waals surface area contributed by atoms with E-state index in [2.05, 4.69) is 0 Å². The SMILES string of the molecule is COc1ccc(N(C2CCCCC2)S(=O)(=O)[C@@H]2C[C@@H]3O[C@H]2C(c2ccc(O)cc2)=C3c2ccc(O)cc2)cc1. The molecule has 3 aromatic rings. The van der Waals surface area contributed by atoms with Crippen molar-refractivity contribution in [3.8, 4) is 17.2 Å². The standard InChI is InChI=1S/C31H33NO6S/c1-37-26-17-11-23(12-18-26)32(22-5-3-2-4-6-22)39(35,36)28-19-27-29(20-7-13-24(33)14-8-20)30(31(28)38-27)21-9-15-25(34)16-10-21/h7-18,22,27-28,31,33-34H,2-6,19H2,1H3/t27-,28+,31+/m0/s1. The highest BCUT2D eigenvalue weighted by Gasteiger charge is 2.55. The van der Waals surface area contributed by atoms with Gasteiger partial charge in [-0.2, -0.15) is 0 Å². The number of anilines is 1. The molecule has 6 rings (SSSR count). The molecule has 2 aliphatic heterocycles. The number of hydrogen-bond acceptors (Lipinski definition) is 6. The van der Waals surface area contributed by atoms with Crippen LogP contribution in [0.1, 0.15) is 49.7 Å². The monoisotopic (exact) mass is 547 g/mol. The zero-order valence-corrected chi connectivity index (χ0v) is 22.7. The first-order valence-electron chi connectivity index (χ1n) is 13.5. The Morgan fingerprint density at radius 3 is 1.92 bits per heavy atom. The summed E-state index contributed by atoms with van der Waals surface area (Å²) >= 11 is 0. The first-order valence-corrected chi connectivity index (χ1v) is 15.0. The van der Waals surface area contributed by atoms with Gasteiger partial charge in [-0.15, -0.1) is 0 Å². The summed E-state index contributed by atoms with van der Waals surface area (Å²) in [6.07, 6.45) is 4.08. The van der Waals surface area contributed by atoms with Gasteiger partial charge in [-0.3, -0.25) is 4.31 Å². The fourth-order valence-corrected chi connectivity index (χ4v) is 8.66. The molecule has 2 bridgehead atoms. The van der Waals surface area contributed by atoms with Crippen LogP contribution >= 0.6 is 0 Å². The molecule has 1 saturated heterocycles. The maximum Gasteiger partial charge on any atom is 0.241 e. The molecule has 0 unspecified atom stereocenters. The Morgan fingerprint density at radius 1 is 0.795 bits per heavy atom. The minimum atomic E-state index is -3.82. The average molecular weight is 548 g/mol. The molecule has 3 atom stereocenters. The molecule has 2 heterocycles. The summed E-state index contributed by atoms with van der Waals surface area (Å²) in [5, 5.41) is 19.0. The van der Waals surface area contributed by atoms with E-state index in [-0.39, 0.29) is 17.5 Å². The Labute approximate surface area is 229 Å². The zero-order valence-electron chi connectivity index (χ0n) is 21.9. The average Bonchev–Trinajstić information content (AvgIpc) is 3.55. The number of nitrogens with zero attached hydrogens (tertiary/aromatic N) is 1. The molecule has 1 saturated carbocycles. The van der Waals surface area contributed by atoms with Crippen LogP contribution in [0.15, 0.2) is 72.8 Å². The second-order valence-electron chi connectivity index (χ2n) is 10.6. The molecular formula is C31H33NO6S. The van der Waals surface area contributed by atoms with Crippen molar-refractivity contribution in [2.24, 2.45) is 0 Å². The number of ether oxygens (including phenoxy) is 2. The van der Waals surface area contributed by atoms with E-state index in [1.807, 2.05) is 36.4 Å². The number of sulfonamides is 1. The lowest BCUT2D eigenvalue weighted by molar-refractivity contribution is 0.128. The van der Waals surface area contributed by atoms with Crippen LogP contribution in [-0.4, -0.2) is 49.2 Å². The Hall–Kier alpha value is -3.49. The second-order valence-corrected chi connectivity index (χ2v) is 12.6. The van der Waals surface area contributed by atoms with E-state index in [1.54, 1.807) is 47.8 Å². The third-order valence-electron chi connectivity index (χ3n) is 8.24. The van der Waals surface area contributed by atoms with Crippen molar-refractivity contribution in [1.82, 2.24) is 0 Å². The summed E-state index contributed by atoms with van der Waals surface area (Å²) < 4.78 is 42.7. The van der Waals surface area contributed by atoms with Crippen LogP contribution in [0, 0.1) is 0 Å². The highest BCUT2D eigenvalue weighted by Crippen LogP contribution is 2.52. The summed E-state index contributed by atoms with van der Waals surface area (Å²) in [4.78, 5) is 0. The van der Waals surface area contributed by atoms with Crippen molar-refractivity contribution in [3.05, 3.63) is 83.9 Å². The van der Waals surface area contributed by atoms with Crippen LogP contribution in [0.25, 0.3) is 11.1 Å². The van der Waals surface area contributed by atoms with Crippen molar-refractivity contribution < 1.29 is 28.1 Å². The molecule has 1 aliphatic carbocycles. The summed E-state index contributed by atoms with van der Waals surface area (Å²) in [5.74, 6) is 0.985. The van der Waals surface area contributed by atoms with E-state index in [0.29, 0.717) is 17.9 Å². The van der Waals surface area contributed by atoms with Crippen molar-refractivity contribution in [2.75, 3.05) is 11.4 Å². The Kier molecular flexibility index (Phi) is 6.77. The van der Waals surface area contributed by atoms with Gasteiger partial charge in [0.05, 0.1) is 18.9 Å². The highest BCUT2D eigenvalue weighted by atomic mass is 32.2. The number of phenolic OH excluding ortho intramolecular Hbond substituents is 2. The Morgan fingerprint density at radius 2 is 1.36 bits per heavy atom. The van der Waals surface area contributed by atoms with Crippen molar-refractivity contribution >= 4 is 26.9 Å². The molecule has 2 fully saturated rings. The molecule has 0 radical (unpaired) electrons. The van der Waals surface area contributed by atoms with Gasteiger partial charge in [0, 0.05) is 6.04 Å². The van der Waals surface area contributed by atoms with Crippen LogP contribution in [-0.2, 0) is 14.8 Å². The van der Waals surface area contributed by atoms with Gasteiger partial charge in [-0.1, -0.05) is 43.5 Å². The van der Waals surface area contributed by atoms with E-state index in [4.69, 9.17) is 9.47 Å². The lowest BCUT2D eigenvalue weighted by Crippen LogP contribution is -2.49. The summed E-state index contributed by atoms with van der Waals surface area (Å²) in [7, 11) is -2.22. The molecule has 7 nitrogen and oxygen atoms in total. The van der Waals surface area contributed by atoms with Gasteiger partial charge >= 0.3 is 0 Å². The molecule has 3 aromatic carbocycles. The van der Waals surface area contributed by atoms with Crippen LogP contribution in [0.2, 0.25) is 0 Å². The predicted octanol–water partition coefficient (Wildman–Crippen LogP) is 5.73. The Bertz CT molecular complexity index is 1460. The Balaban J connectivity index is 1.44.